The number of anilines is 1. The normalized spacial score (nSPS) is 22.6. The van der Waals surface area contributed by atoms with Gasteiger partial charge in [-0.25, -0.2) is 4.98 Å². The number of nitrogens with zero attached hydrogens (tertiary/aromatic N) is 3. The summed E-state index contributed by atoms with van der Waals surface area (Å²) in [4.78, 5) is 11.3. The first-order valence-corrected chi connectivity index (χ1v) is 7.72. The zero-order chi connectivity index (χ0) is 13.9. The molecule has 2 heterocycles. The van der Waals surface area contributed by atoms with Crippen LogP contribution in [0, 0.1) is 0 Å². The van der Waals surface area contributed by atoms with Crippen molar-refractivity contribution >= 4 is 5.95 Å². The predicted octanol–water partition coefficient (Wildman–Crippen LogP) is 1.98. The molecule has 20 heavy (non-hydrogen) atoms. The fraction of sp³-hybridized carbons (Fsp3) is 0.733. The first kappa shape index (κ1) is 13.6. The summed E-state index contributed by atoms with van der Waals surface area (Å²) in [5, 5.41) is 3.62. The molecule has 2 fully saturated rings. The lowest BCUT2D eigenvalue weighted by atomic mass is 10.2. The second kappa shape index (κ2) is 5.95. The van der Waals surface area contributed by atoms with Crippen molar-refractivity contribution in [2.24, 2.45) is 0 Å². The fourth-order valence-electron chi connectivity index (χ4n) is 2.68. The molecule has 0 amide bonds. The molecule has 1 aromatic heterocycles. The van der Waals surface area contributed by atoms with E-state index in [4.69, 9.17) is 4.74 Å². The summed E-state index contributed by atoms with van der Waals surface area (Å²) in [7, 11) is 0. The number of rotatable bonds is 6. The van der Waals surface area contributed by atoms with Crippen molar-refractivity contribution in [1.82, 2.24) is 15.3 Å². The standard InChI is InChI=1S/C15H24N4O/c1-11(2)20-14-7-8-16-15(18-14)19-9-3-4-13(19)10-17-12-5-6-12/h7-8,11-13,17H,3-6,9-10H2,1-2H3. The Morgan fingerprint density at radius 2 is 2.25 bits per heavy atom. The summed E-state index contributed by atoms with van der Waals surface area (Å²) in [6.45, 7) is 6.12. The van der Waals surface area contributed by atoms with Crippen LogP contribution in [0.2, 0.25) is 0 Å². The molecule has 1 saturated carbocycles. The van der Waals surface area contributed by atoms with Crippen LogP contribution in [0.25, 0.3) is 0 Å². The summed E-state index contributed by atoms with van der Waals surface area (Å²) in [5.74, 6) is 1.48. The molecule has 2 aliphatic rings. The van der Waals surface area contributed by atoms with Crippen LogP contribution < -0.4 is 15.0 Å². The zero-order valence-corrected chi connectivity index (χ0v) is 12.4. The van der Waals surface area contributed by atoms with Gasteiger partial charge in [-0.2, -0.15) is 4.98 Å². The Balaban J connectivity index is 1.66. The Morgan fingerprint density at radius 1 is 1.40 bits per heavy atom. The number of nitrogens with one attached hydrogen (secondary N) is 1. The summed E-state index contributed by atoms with van der Waals surface area (Å²) >= 11 is 0. The molecule has 0 spiro atoms. The maximum atomic E-state index is 5.66. The summed E-state index contributed by atoms with van der Waals surface area (Å²) < 4.78 is 5.66. The number of hydrogen-bond donors (Lipinski definition) is 1. The first-order chi connectivity index (χ1) is 9.72. The van der Waals surface area contributed by atoms with Crippen molar-refractivity contribution in [2.45, 2.75) is 57.7 Å². The lowest BCUT2D eigenvalue weighted by Crippen LogP contribution is -2.39. The van der Waals surface area contributed by atoms with Crippen LogP contribution in [-0.4, -0.2) is 41.2 Å². The minimum atomic E-state index is 0.142. The molecular formula is C15H24N4O. The molecule has 0 radical (unpaired) electrons. The fourth-order valence-corrected chi connectivity index (χ4v) is 2.68. The highest BCUT2D eigenvalue weighted by Crippen LogP contribution is 2.25. The molecule has 1 aromatic rings. The quantitative estimate of drug-likeness (QED) is 0.861. The average Bonchev–Trinajstić information content (AvgIpc) is 3.13. The van der Waals surface area contributed by atoms with E-state index in [1.807, 2.05) is 19.9 Å². The largest absolute Gasteiger partial charge is 0.475 e. The van der Waals surface area contributed by atoms with E-state index in [1.54, 1.807) is 6.20 Å². The molecule has 110 valence electrons. The van der Waals surface area contributed by atoms with Gasteiger partial charge >= 0.3 is 0 Å². The van der Waals surface area contributed by atoms with Gasteiger partial charge < -0.3 is 15.0 Å². The number of hydrogen-bond acceptors (Lipinski definition) is 5. The van der Waals surface area contributed by atoms with Gasteiger partial charge in [-0.3, -0.25) is 0 Å². The predicted molar refractivity (Wildman–Crippen MR) is 79.2 cm³/mol. The maximum Gasteiger partial charge on any atom is 0.228 e. The first-order valence-electron chi connectivity index (χ1n) is 7.72. The maximum absolute atomic E-state index is 5.66. The van der Waals surface area contributed by atoms with Crippen molar-refractivity contribution in [3.05, 3.63) is 12.3 Å². The van der Waals surface area contributed by atoms with Gasteiger partial charge in [0.25, 0.3) is 0 Å². The minimum Gasteiger partial charge on any atom is -0.475 e. The highest BCUT2D eigenvalue weighted by Gasteiger charge is 2.29. The summed E-state index contributed by atoms with van der Waals surface area (Å²) in [6.07, 6.45) is 7.04. The van der Waals surface area contributed by atoms with Crippen LogP contribution >= 0.6 is 0 Å². The second-order valence-electron chi connectivity index (χ2n) is 6.03. The van der Waals surface area contributed by atoms with Gasteiger partial charge in [0.05, 0.1) is 6.10 Å². The van der Waals surface area contributed by atoms with Crippen molar-refractivity contribution in [1.29, 1.82) is 0 Å². The highest BCUT2D eigenvalue weighted by atomic mass is 16.5. The van der Waals surface area contributed by atoms with Gasteiger partial charge in [0.15, 0.2) is 0 Å². The molecule has 1 aliphatic heterocycles. The molecule has 3 rings (SSSR count). The van der Waals surface area contributed by atoms with Crippen molar-refractivity contribution in [3.63, 3.8) is 0 Å². The van der Waals surface area contributed by atoms with Gasteiger partial charge in [0.2, 0.25) is 11.8 Å². The van der Waals surface area contributed by atoms with Crippen LogP contribution in [0.4, 0.5) is 5.95 Å². The molecule has 1 saturated heterocycles. The van der Waals surface area contributed by atoms with Gasteiger partial charge in [-0.1, -0.05) is 0 Å². The molecule has 1 aliphatic carbocycles. The molecular weight excluding hydrogens is 252 g/mol. The SMILES string of the molecule is CC(C)Oc1ccnc(N2CCCC2CNC2CC2)n1. The smallest absolute Gasteiger partial charge is 0.228 e. The molecule has 1 N–H and O–H groups in total. The van der Waals surface area contributed by atoms with Gasteiger partial charge in [-0.05, 0) is 39.5 Å². The number of ether oxygens (including phenoxy) is 1. The molecule has 5 nitrogen and oxygen atoms in total. The molecule has 1 unspecified atom stereocenters. The summed E-state index contributed by atoms with van der Waals surface area (Å²) in [6, 6.07) is 3.11. The Kier molecular flexibility index (Phi) is 4.05. The van der Waals surface area contributed by atoms with E-state index in [0.29, 0.717) is 11.9 Å². The van der Waals surface area contributed by atoms with E-state index < -0.39 is 0 Å². The van der Waals surface area contributed by atoms with E-state index in [9.17, 15) is 0 Å². The van der Waals surface area contributed by atoms with Crippen LogP contribution in [0.15, 0.2) is 12.3 Å². The van der Waals surface area contributed by atoms with Crippen LogP contribution in [0.1, 0.15) is 39.5 Å². The van der Waals surface area contributed by atoms with Crippen molar-refractivity contribution in [3.8, 4) is 5.88 Å². The third kappa shape index (κ3) is 3.39. The van der Waals surface area contributed by atoms with E-state index >= 15 is 0 Å². The van der Waals surface area contributed by atoms with Crippen molar-refractivity contribution < 1.29 is 4.74 Å². The van der Waals surface area contributed by atoms with E-state index in [1.165, 1.54) is 25.7 Å². The molecule has 1 atom stereocenters. The lowest BCUT2D eigenvalue weighted by Gasteiger charge is -2.25. The van der Waals surface area contributed by atoms with Crippen LogP contribution in [0.3, 0.4) is 0 Å². The van der Waals surface area contributed by atoms with Crippen molar-refractivity contribution in [2.75, 3.05) is 18.0 Å². The zero-order valence-electron chi connectivity index (χ0n) is 12.4. The van der Waals surface area contributed by atoms with E-state index in [2.05, 4.69) is 20.2 Å². The van der Waals surface area contributed by atoms with Crippen LogP contribution in [-0.2, 0) is 0 Å². The average molecular weight is 276 g/mol. The third-order valence-corrected chi connectivity index (χ3v) is 3.83. The topological polar surface area (TPSA) is 50.3 Å². The Labute approximate surface area is 120 Å². The number of aromatic nitrogens is 2. The monoisotopic (exact) mass is 276 g/mol. The third-order valence-electron chi connectivity index (χ3n) is 3.83. The highest BCUT2D eigenvalue weighted by molar-refractivity contribution is 5.35. The van der Waals surface area contributed by atoms with E-state index in [-0.39, 0.29) is 6.10 Å². The molecule has 0 bridgehead atoms. The van der Waals surface area contributed by atoms with Gasteiger partial charge in [0, 0.05) is 37.4 Å². The summed E-state index contributed by atoms with van der Waals surface area (Å²) in [5.41, 5.74) is 0. The van der Waals surface area contributed by atoms with E-state index in [0.717, 1.165) is 25.1 Å². The minimum absolute atomic E-state index is 0.142. The second-order valence-corrected chi connectivity index (χ2v) is 6.03. The molecule has 0 aromatic carbocycles. The Bertz CT molecular complexity index is 447. The lowest BCUT2D eigenvalue weighted by molar-refractivity contribution is 0.232. The van der Waals surface area contributed by atoms with Crippen LogP contribution in [0.5, 0.6) is 5.88 Å². The van der Waals surface area contributed by atoms with Gasteiger partial charge in [0.1, 0.15) is 0 Å². The Morgan fingerprint density at radius 3 is 3.00 bits per heavy atom. The Hall–Kier alpha value is -1.36. The van der Waals surface area contributed by atoms with Gasteiger partial charge in [-0.15, -0.1) is 0 Å². The molecule has 5 heteroatoms.